The molecule has 2 aromatic heterocycles. The highest BCUT2D eigenvalue weighted by Gasteiger charge is 2.18. The van der Waals surface area contributed by atoms with E-state index in [4.69, 9.17) is 0 Å². The summed E-state index contributed by atoms with van der Waals surface area (Å²) in [5, 5.41) is 5.90. The average molecular weight is 417 g/mol. The molecule has 0 fully saturated rings. The summed E-state index contributed by atoms with van der Waals surface area (Å²) in [6.07, 6.45) is 1.72. The Balaban J connectivity index is 1.43. The first-order valence-electron chi connectivity index (χ1n) is 9.87. The Labute approximate surface area is 177 Å². The van der Waals surface area contributed by atoms with Crippen molar-refractivity contribution in [3.63, 3.8) is 0 Å². The molecule has 0 aliphatic carbocycles. The Hall–Kier alpha value is -3.32. The molecular weight excluding hydrogens is 396 g/mol. The highest BCUT2D eigenvalue weighted by molar-refractivity contribution is 7.14. The summed E-state index contributed by atoms with van der Waals surface area (Å²) in [7, 11) is 0. The molecule has 0 spiro atoms. The SMILES string of the molecule is Cc1ccc(C)c(-c2csc(NC(=O)c3ccc4c(=O)n5c(nc4c3)CCC5)n2)c1. The van der Waals surface area contributed by atoms with Crippen molar-refractivity contribution in [2.45, 2.75) is 33.2 Å². The second-order valence-corrected chi connectivity index (χ2v) is 8.49. The van der Waals surface area contributed by atoms with Gasteiger partial charge in [-0.05, 0) is 50.1 Å². The number of benzene rings is 2. The van der Waals surface area contributed by atoms with Crippen molar-refractivity contribution >= 4 is 33.3 Å². The monoisotopic (exact) mass is 416 g/mol. The normalized spacial score (nSPS) is 12.9. The van der Waals surface area contributed by atoms with Crippen molar-refractivity contribution in [2.75, 3.05) is 5.32 Å². The molecule has 1 aliphatic heterocycles. The molecule has 1 aliphatic rings. The standard InChI is InChI=1S/C23H20N4O2S/c1-13-5-6-14(2)17(10-13)19-12-30-23(25-19)26-21(28)15-7-8-16-18(11-15)24-20-4-3-9-27(20)22(16)29/h5-8,10-12H,3-4,9H2,1-2H3,(H,25,26,28). The van der Waals surface area contributed by atoms with Crippen molar-refractivity contribution < 1.29 is 4.79 Å². The van der Waals surface area contributed by atoms with Gasteiger partial charge in [0.1, 0.15) is 5.82 Å². The number of nitrogens with zero attached hydrogens (tertiary/aromatic N) is 3. The lowest BCUT2D eigenvalue weighted by molar-refractivity contribution is 0.102. The number of hydrogen-bond acceptors (Lipinski definition) is 5. The molecule has 4 aromatic rings. The number of anilines is 1. The second kappa shape index (κ2) is 7.18. The Kier molecular flexibility index (Phi) is 4.47. The van der Waals surface area contributed by atoms with Crippen molar-refractivity contribution in [3.8, 4) is 11.3 Å². The fraction of sp³-hybridized carbons (Fsp3) is 0.217. The highest BCUT2D eigenvalue weighted by Crippen LogP contribution is 2.28. The quantitative estimate of drug-likeness (QED) is 0.539. The third-order valence-corrected chi connectivity index (χ3v) is 6.23. The molecule has 0 radical (unpaired) electrons. The molecule has 0 unspecified atom stereocenters. The van der Waals surface area contributed by atoms with Crippen LogP contribution in [0.5, 0.6) is 0 Å². The van der Waals surface area contributed by atoms with Crippen LogP contribution in [0.3, 0.4) is 0 Å². The van der Waals surface area contributed by atoms with Crippen LogP contribution in [0, 0.1) is 13.8 Å². The van der Waals surface area contributed by atoms with Crippen LogP contribution in [0.15, 0.2) is 46.6 Å². The first-order valence-corrected chi connectivity index (χ1v) is 10.8. The molecule has 30 heavy (non-hydrogen) atoms. The van der Waals surface area contributed by atoms with E-state index in [1.54, 1.807) is 22.8 Å². The maximum absolute atomic E-state index is 12.8. The molecule has 150 valence electrons. The van der Waals surface area contributed by atoms with Gasteiger partial charge in [0.05, 0.1) is 16.6 Å². The number of hydrogen-bond donors (Lipinski definition) is 1. The molecule has 5 rings (SSSR count). The van der Waals surface area contributed by atoms with Crippen molar-refractivity contribution in [3.05, 3.63) is 74.6 Å². The molecule has 1 amide bonds. The molecule has 0 atom stereocenters. The summed E-state index contributed by atoms with van der Waals surface area (Å²) in [5.74, 6) is 0.532. The lowest BCUT2D eigenvalue weighted by atomic mass is 10.0. The number of amides is 1. The molecular formula is C23H20N4O2S. The number of thiazole rings is 1. The Morgan fingerprint density at radius 1 is 1.13 bits per heavy atom. The van der Waals surface area contributed by atoms with E-state index in [9.17, 15) is 9.59 Å². The first kappa shape index (κ1) is 18.7. The topological polar surface area (TPSA) is 76.9 Å². The van der Waals surface area contributed by atoms with Gasteiger partial charge >= 0.3 is 0 Å². The van der Waals surface area contributed by atoms with Gasteiger partial charge in [0, 0.05) is 29.5 Å². The predicted molar refractivity (Wildman–Crippen MR) is 119 cm³/mol. The molecule has 0 bridgehead atoms. The van der Waals surface area contributed by atoms with Gasteiger partial charge in [0.25, 0.3) is 11.5 Å². The van der Waals surface area contributed by atoms with E-state index < -0.39 is 0 Å². The van der Waals surface area contributed by atoms with Gasteiger partial charge in [-0.15, -0.1) is 11.3 Å². The van der Waals surface area contributed by atoms with E-state index in [1.165, 1.54) is 16.9 Å². The van der Waals surface area contributed by atoms with Gasteiger partial charge in [-0.3, -0.25) is 19.5 Å². The van der Waals surface area contributed by atoms with Crippen LogP contribution in [-0.2, 0) is 13.0 Å². The minimum absolute atomic E-state index is 0.0300. The lowest BCUT2D eigenvalue weighted by Gasteiger charge is -2.07. The predicted octanol–water partition coefficient (Wildman–Crippen LogP) is 4.34. The zero-order valence-corrected chi connectivity index (χ0v) is 17.5. The maximum atomic E-state index is 12.8. The van der Waals surface area contributed by atoms with Gasteiger partial charge < -0.3 is 0 Å². The zero-order chi connectivity index (χ0) is 20.8. The number of rotatable bonds is 3. The smallest absolute Gasteiger partial charge is 0.261 e. The fourth-order valence-corrected chi connectivity index (χ4v) is 4.57. The fourth-order valence-electron chi connectivity index (χ4n) is 3.86. The number of nitrogens with one attached hydrogen (secondary N) is 1. The average Bonchev–Trinajstić information content (AvgIpc) is 3.39. The molecule has 0 saturated heterocycles. The first-order chi connectivity index (χ1) is 14.5. The number of aromatic nitrogens is 3. The largest absolute Gasteiger partial charge is 0.298 e. The summed E-state index contributed by atoms with van der Waals surface area (Å²) >= 11 is 1.39. The van der Waals surface area contributed by atoms with Crippen LogP contribution in [-0.4, -0.2) is 20.4 Å². The second-order valence-electron chi connectivity index (χ2n) is 7.63. The lowest BCUT2D eigenvalue weighted by Crippen LogP contribution is -2.21. The van der Waals surface area contributed by atoms with Crippen LogP contribution in [0.2, 0.25) is 0 Å². The minimum Gasteiger partial charge on any atom is -0.298 e. The van der Waals surface area contributed by atoms with Crippen molar-refractivity contribution in [2.24, 2.45) is 0 Å². The maximum Gasteiger partial charge on any atom is 0.261 e. The van der Waals surface area contributed by atoms with E-state index in [1.807, 2.05) is 19.2 Å². The van der Waals surface area contributed by atoms with Gasteiger partial charge in [-0.1, -0.05) is 17.7 Å². The van der Waals surface area contributed by atoms with E-state index in [0.717, 1.165) is 35.5 Å². The molecule has 2 aromatic carbocycles. The van der Waals surface area contributed by atoms with E-state index >= 15 is 0 Å². The summed E-state index contributed by atoms with van der Waals surface area (Å²) in [6.45, 7) is 4.81. The summed E-state index contributed by atoms with van der Waals surface area (Å²) in [5.41, 5.74) is 5.22. The van der Waals surface area contributed by atoms with Gasteiger partial charge in [0.15, 0.2) is 5.13 Å². The minimum atomic E-state index is -0.263. The highest BCUT2D eigenvalue weighted by atomic mass is 32.1. The molecule has 0 saturated carbocycles. The third kappa shape index (κ3) is 3.21. The van der Waals surface area contributed by atoms with E-state index in [0.29, 0.717) is 28.1 Å². The number of fused-ring (bicyclic) bond motifs is 2. The summed E-state index contributed by atoms with van der Waals surface area (Å²) in [6, 6.07) is 11.3. The Morgan fingerprint density at radius 3 is 2.87 bits per heavy atom. The van der Waals surface area contributed by atoms with E-state index in [-0.39, 0.29) is 11.5 Å². The summed E-state index contributed by atoms with van der Waals surface area (Å²) in [4.78, 5) is 34.6. The molecule has 1 N–H and O–H groups in total. The van der Waals surface area contributed by atoms with Gasteiger partial charge in [-0.25, -0.2) is 9.97 Å². The third-order valence-electron chi connectivity index (χ3n) is 5.47. The van der Waals surface area contributed by atoms with E-state index in [2.05, 4.69) is 33.5 Å². The molecule has 3 heterocycles. The zero-order valence-electron chi connectivity index (χ0n) is 16.7. The van der Waals surface area contributed by atoms with Gasteiger partial charge in [0.2, 0.25) is 0 Å². The van der Waals surface area contributed by atoms with Crippen LogP contribution in [0.4, 0.5) is 5.13 Å². The van der Waals surface area contributed by atoms with Crippen LogP contribution in [0.1, 0.15) is 33.7 Å². The molecule has 6 nitrogen and oxygen atoms in total. The van der Waals surface area contributed by atoms with Crippen LogP contribution >= 0.6 is 11.3 Å². The number of carbonyl (C=O) groups excluding carboxylic acids is 1. The molecule has 7 heteroatoms. The van der Waals surface area contributed by atoms with Crippen molar-refractivity contribution in [1.82, 2.24) is 14.5 Å². The van der Waals surface area contributed by atoms with Gasteiger partial charge in [-0.2, -0.15) is 0 Å². The van der Waals surface area contributed by atoms with Crippen LogP contribution in [0.25, 0.3) is 22.2 Å². The number of aryl methyl sites for hydroxylation is 3. The van der Waals surface area contributed by atoms with Crippen LogP contribution < -0.4 is 10.9 Å². The Morgan fingerprint density at radius 2 is 2.00 bits per heavy atom. The summed E-state index contributed by atoms with van der Waals surface area (Å²) < 4.78 is 1.73. The Bertz CT molecular complexity index is 1370. The number of carbonyl (C=O) groups is 1. The van der Waals surface area contributed by atoms with Crippen molar-refractivity contribution in [1.29, 1.82) is 0 Å².